The third-order valence-corrected chi connectivity index (χ3v) is 3.98. The zero-order valence-electron chi connectivity index (χ0n) is 10.5. The van der Waals surface area contributed by atoms with E-state index in [2.05, 4.69) is 10.0 Å². The lowest BCUT2D eigenvalue weighted by molar-refractivity contribution is -0.117. The second-order valence-electron chi connectivity index (χ2n) is 3.97. The Bertz CT molecular complexity index is 553. The molecule has 0 radical (unpaired) electrons. The highest BCUT2D eigenvalue weighted by atomic mass is 32.2. The van der Waals surface area contributed by atoms with Crippen LogP contribution in [0.5, 0.6) is 0 Å². The maximum Gasteiger partial charge on any atom is 0.240 e. The molecule has 6 nitrogen and oxygen atoms in total. The fourth-order valence-corrected chi connectivity index (χ4v) is 2.33. The molecule has 18 heavy (non-hydrogen) atoms. The molecule has 1 aromatic carbocycles. The number of sulfonamides is 1. The number of hydrogen-bond acceptors (Lipinski definition) is 4. The molecule has 0 saturated carbocycles. The molecule has 0 heterocycles. The van der Waals surface area contributed by atoms with Gasteiger partial charge in [0.05, 0.1) is 10.9 Å². The first kappa shape index (κ1) is 14.6. The molecule has 0 unspecified atom stereocenters. The summed E-state index contributed by atoms with van der Waals surface area (Å²) in [5, 5.41) is 2.55. The predicted octanol–water partition coefficient (Wildman–Crippen LogP) is 0.189. The van der Waals surface area contributed by atoms with E-state index < -0.39 is 16.1 Å². The monoisotopic (exact) mass is 271 g/mol. The van der Waals surface area contributed by atoms with E-state index in [0.717, 1.165) is 0 Å². The van der Waals surface area contributed by atoms with Crippen molar-refractivity contribution in [2.75, 3.05) is 12.4 Å². The SMILES string of the molecule is CNS(=O)(=O)c1cc(NC(=O)[C@@H](C)N)ccc1C. The van der Waals surface area contributed by atoms with Gasteiger partial charge in [0.15, 0.2) is 0 Å². The number of carbonyl (C=O) groups is 1. The third kappa shape index (κ3) is 3.28. The molecule has 1 aromatic rings. The number of anilines is 1. The van der Waals surface area contributed by atoms with Crippen molar-refractivity contribution in [1.29, 1.82) is 0 Å². The molecule has 1 rings (SSSR count). The standard InChI is InChI=1S/C11H17N3O3S/c1-7-4-5-9(14-11(15)8(2)12)6-10(7)18(16,17)13-3/h4-6,8,13H,12H2,1-3H3,(H,14,15)/t8-/m1/s1. The molecule has 0 fully saturated rings. The minimum absolute atomic E-state index is 0.132. The molecule has 1 amide bonds. The maximum absolute atomic E-state index is 11.7. The summed E-state index contributed by atoms with van der Waals surface area (Å²) in [6, 6.07) is 4.00. The molecule has 0 spiro atoms. The smallest absolute Gasteiger partial charge is 0.240 e. The van der Waals surface area contributed by atoms with Crippen LogP contribution in [-0.2, 0) is 14.8 Å². The highest BCUT2D eigenvalue weighted by Crippen LogP contribution is 2.19. The van der Waals surface area contributed by atoms with E-state index in [1.807, 2.05) is 0 Å². The first-order chi connectivity index (χ1) is 8.27. The number of amides is 1. The van der Waals surface area contributed by atoms with Crippen LogP contribution in [0.4, 0.5) is 5.69 Å². The lowest BCUT2D eigenvalue weighted by Crippen LogP contribution is -2.32. The molecule has 0 aliphatic carbocycles. The molecule has 4 N–H and O–H groups in total. The largest absolute Gasteiger partial charge is 0.325 e. The summed E-state index contributed by atoms with van der Waals surface area (Å²) in [4.78, 5) is 11.6. The van der Waals surface area contributed by atoms with Crippen molar-refractivity contribution in [2.45, 2.75) is 24.8 Å². The van der Waals surface area contributed by atoms with Crippen LogP contribution in [0.25, 0.3) is 0 Å². The van der Waals surface area contributed by atoms with E-state index >= 15 is 0 Å². The lowest BCUT2D eigenvalue weighted by Gasteiger charge is -2.11. The number of rotatable bonds is 4. The Labute approximate surface area is 107 Å². The average molecular weight is 271 g/mol. The van der Waals surface area contributed by atoms with Crippen LogP contribution in [0.2, 0.25) is 0 Å². The first-order valence-electron chi connectivity index (χ1n) is 5.38. The van der Waals surface area contributed by atoms with Gasteiger partial charge in [0.1, 0.15) is 0 Å². The van der Waals surface area contributed by atoms with Gasteiger partial charge in [-0.2, -0.15) is 0 Å². The van der Waals surface area contributed by atoms with Crippen molar-refractivity contribution in [3.63, 3.8) is 0 Å². The van der Waals surface area contributed by atoms with Gasteiger partial charge in [0, 0.05) is 5.69 Å². The van der Waals surface area contributed by atoms with Gasteiger partial charge in [0.2, 0.25) is 15.9 Å². The fourth-order valence-electron chi connectivity index (χ4n) is 1.33. The van der Waals surface area contributed by atoms with Gasteiger partial charge in [-0.15, -0.1) is 0 Å². The first-order valence-corrected chi connectivity index (χ1v) is 6.87. The second kappa shape index (κ2) is 5.47. The zero-order valence-corrected chi connectivity index (χ0v) is 11.3. The number of aryl methyl sites for hydroxylation is 1. The number of benzene rings is 1. The van der Waals surface area contributed by atoms with Crippen molar-refractivity contribution < 1.29 is 13.2 Å². The Hall–Kier alpha value is -1.44. The molecular formula is C11H17N3O3S. The van der Waals surface area contributed by atoms with Gasteiger partial charge in [-0.1, -0.05) is 6.07 Å². The van der Waals surface area contributed by atoms with Crippen LogP contribution in [0.3, 0.4) is 0 Å². The minimum Gasteiger partial charge on any atom is -0.325 e. The highest BCUT2D eigenvalue weighted by Gasteiger charge is 2.16. The number of carbonyl (C=O) groups excluding carboxylic acids is 1. The zero-order chi connectivity index (χ0) is 13.9. The van der Waals surface area contributed by atoms with Crippen molar-refractivity contribution in [3.05, 3.63) is 23.8 Å². The second-order valence-corrected chi connectivity index (χ2v) is 5.82. The Kier molecular flexibility index (Phi) is 4.44. The van der Waals surface area contributed by atoms with Crippen LogP contribution in [0, 0.1) is 6.92 Å². The van der Waals surface area contributed by atoms with Gasteiger partial charge in [0.25, 0.3) is 0 Å². The van der Waals surface area contributed by atoms with E-state index in [9.17, 15) is 13.2 Å². The van der Waals surface area contributed by atoms with E-state index in [4.69, 9.17) is 5.73 Å². The summed E-state index contributed by atoms with van der Waals surface area (Å²) >= 11 is 0. The lowest BCUT2D eigenvalue weighted by atomic mass is 10.2. The number of hydrogen-bond donors (Lipinski definition) is 3. The van der Waals surface area contributed by atoms with Gasteiger partial charge in [-0.3, -0.25) is 4.79 Å². The maximum atomic E-state index is 11.7. The molecule has 0 aliphatic rings. The van der Waals surface area contributed by atoms with Gasteiger partial charge >= 0.3 is 0 Å². The molecule has 0 saturated heterocycles. The molecule has 0 aromatic heterocycles. The van der Waals surface area contributed by atoms with Crippen LogP contribution in [0.15, 0.2) is 23.1 Å². The topological polar surface area (TPSA) is 101 Å². The fraction of sp³-hybridized carbons (Fsp3) is 0.364. The quantitative estimate of drug-likeness (QED) is 0.727. The summed E-state index contributed by atoms with van der Waals surface area (Å²) < 4.78 is 25.7. The molecule has 0 bridgehead atoms. The van der Waals surface area contributed by atoms with Crippen molar-refractivity contribution in [3.8, 4) is 0 Å². The van der Waals surface area contributed by atoms with Crippen LogP contribution in [0.1, 0.15) is 12.5 Å². The molecule has 7 heteroatoms. The van der Waals surface area contributed by atoms with Crippen LogP contribution < -0.4 is 15.8 Å². The van der Waals surface area contributed by atoms with E-state index in [0.29, 0.717) is 11.3 Å². The Morgan fingerprint density at radius 2 is 2.00 bits per heavy atom. The van der Waals surface area contributed by atoms with Crippen molar-refractivity contribution in [2.24, 2.45) is 5.73 Å². The van der Waals surface area contributed by atoms with Gasteiger partial charge in [-0.05, 0) is 38.6 Å². The van der Waals surface area contributed by atoms with Crippen LogP contribution in [-0.4, -0.2) is 27.4 Å². The van der Waals surface area contributed by atoms with E-state index in [1.165, 1.54) is 13.1 Å². The van der Waals surface area contributed by atoms with Gasteiger partial charge < -0.3 is 11.1 Å². The Balaban J connectivity index is 3.13. The van der Waals surface area contributed by atoms with E-state index in [1.54, 1.807) is 26.0 Å². The number of nitrogens with two attached hydrogens (primary N) is 1. The van der Waals surface area contributed by atoms with E-state index in [-0.39, 0.29) is 10.8 Å². The summed E-state index contributed by atoms with van der Waals surface area (Å²) in [6.07, 6.45) is 0. The summed E-state index contributed by atoms with van der Waals surface area (Å²) in [5.41, 5.74) is 6.42. The normalized spacial score (nSPS) is 13.1. The Morgan fingerprint density at radius 3 is 2.50 bits per heavy atom. The minimum atomic E-state index is -3.54. The molecule has 1 atom stereocenters. The Morgan fingerprint density at radius 1 is 1.39 bits per heavy atom. The highest BCUT2D eigenvalue weighted by molar-refractivity contribution is 7.89. The summed E-state index contributed by atoms with van der Waals surface area (Å²) in [6.45, 7) is 3.23. The predicted molar refractivity (Wildman–Crippen MR) is 69.7 cm³/mol. The number of nitrogens with one attached hydrogen (secondary N) is 2. The average Bonchev–Trinajstić information content (AvgIpc) is 2.31. The molecule has 0 aliphatic heterocycles. The van der Waals surface area contributed by atoms with Crippen LogP contribution >= 0.6 is 0 Å². The van der Waals surface area contributed by atoms with Gasteiger partial charge in [-0.25, -0.2) is 13.1 Å². The molecular weight excluding hydrogens is 254 g/mol. The summed E-state index contributed by atoms with van der Waals surface area (Å²) in [7, 11) is -2.20. The van der Waals surface area contributed by atoms with Crippen molar-refractivity contribution >= 4 is 21.6 Å². The third-order valence-electron chi connectivity index (χ3n) is 2.43. The molecule has 100 valence electrons. The summed E-state index contributed by atoms with van der Waals surface area (Å²) in [5.74, 6) is -0.369. The van der Waals surface area contributed by atoms with Crippen molar-refractivity contribution in [1.82, 2.24) is 4.72 Å².